The monoisotopic (exact) mass is 523 g/mol. The quantitative estimate of drug-likeness (QED) is 0.419. The number of nitrogens with one attached hydrogen (secondary N) is 1. The summed E-state index contributed by atoms with van der Waals surface area (Å²) in [6.07, 6.45) is 2.06. The predicted octanol–water partition coefficient (Wildman–Crippen LogP) is 3.17. The van der Waals surface area contributed by atoms with Crippen molar-refractivity contribution in [1.82, 2.24) is 25.2 Å². The number of fused-ring (bicyclic) bond motifs is 1. The minimum absolute atomic E-state index is 0.206. The molecule has 2 bridgehead atoms. The first-order valence-electron chi connectivity index (χ1n) is 14.0. The van der Waals surface area contributed by atoms with Gasteiger partial charge >= 0.3 is 0 Å². The molecule has 5 aliphatic heterocycles. The standard InChI is InChI=1S/C30H33N7O2/c1-4-16-6-5-7-17-8-20(38)10-21(26(16)17)22-11-24-27-28(34-30(33-24)36-13-19(14-36)35(2)3)37-12-18-9-23(31-18)25(37)15-39-29(27)32-22/h5-8,10-11,18-19,23,25,31,38H,4,9,12-15H2,1-3H3/t18-,23?,25?/m0/s1. The van der Waals surface area contributed by atoms with Crippen LogP contribution in [-0.2, 0) is 6.42 Å². The minimum atomic E-state index is 0.206. The Hall–Kier alpha value is -3.69. The van der Waals surface area contributed by atoms with Gasteiger partial charge in [0.1, 0.15) is 23.6 Å². The molecule has 4 fully saturated rings. The predicted molar refractivity (Wildman–Crippen MR) is 153 cm³/mol. The van der Waals surface area contributed by atoms with Crippen LogP contribution in [0.4, 0.5) is 11.8 Å². The number of anilines is 2. The van der Waals surface area contributed by atoms with Gasteiger partial charge in [-0.2, -0.15) is 4.98 Å². The van der Waals surface area contributed by atoms with Crippen molar-refractivity contribution in [3.05, 3.63) is 42.0 Å². The number of likely N-dealkylation sites (N-methyl/N-ethyl adjacent to an activating group) is 1. The van der Waals surface area contributed by atoms with E-state index in [1.807, 2.05) is 24.3 Å². The van der Waals surface area contributed by atoms with Gasteiger partial charge in [-0.15, -0.1) is 0 Å². The van der Waals surface area contributed by atoms with Gasteiger partial charge in [-0.25, -0.2) is 9.97 Å². The molecule has 0 amide bonds. The third kappa shape index (κ3) is 3.49. The molecule has 200 valence electrons. The van der Waals surface area contributed by atoms with Crippen molar-refractivity contribution in [1.29, 1.82) is 0 Å². The number of nitrogens with zero attached hydrogens (tertiary/aromatic N) is 6. The van der Waals surface area contributed by atoms with E-state index in [-0.39, 0.29) is 11.8 Å². The van der Waals surface area contributed by atoms with Crippen molar-refractivity contribution in [2.75, 3.05) is 50.1 Å². The Morgan fingerprint density at radius 1 is 1.08 bits per heavy atom. The third-order valence-corrected chi connectivity index (χ3v) is 9.13. The molecule has 3 atom stereocenters. The molecule has 4 saturated heterocycles. The van der Waals surface area contributed by atoms with Crippen LogP contribution in [-0.4, -0.2) is 89.5 Å². The summed E-state index contributed by atoms with van der Waals surface area (Å²) < 4.78 is 6.48. The lowest BCUT2D eigenvalue weighted by Gasteiger charge is -2.53. The van der Waals surface area contributed by atoms with Crippen molar-refractivity contribution in [2.45, 2.75) is 43.9 Å². The maximum atomic E-state index is 10.7. The smallest absolute Gasteiger partial charge is 0.228 e. The van der Waals surface area contributed by atoms with E-state index < -0.39 is 0 Å². The lowest BCUT2D eigenvalue weighted by Crippen LogP contribution is -2.73. The largest absolute Gasteiger partial charge is 0.508 e. The highest BCUT2D eigenvalue weighted by molar-refractivity contribution is 6.03. The molecular weight excluding hydrogens is 490 g/mol. The van der Waals surface area contributed by atoms with Gasteiger partial charge < -0.3 is 29.9 Å². The molecule has 2 aromatic heterocycles. The van der Waals surface area contributed by atoms with Crippen molar-refractivity contribution in [2.24, 2.45) is 0 Å². The molecule has 5 aliphatic rings. The van der Waals surface area contributed by atoms with E-state index in [4.69, 9.17) is 19.7 Å². The second-order valence-electron chi connectivity index (χ2n) is 11.7. The first kappa shape index (κ1) is 23.2. The number of aromatic hydroxyl groups is 1. The van der Waals surface area contributed by atoms with Crippen LogP contribution >= 0.6 is 0 Å². The second kappa shape index (κ2) is 8.40. The first-order chi connectivity index (χ1) is 19.0. The molecule has 4 aromatic rings. The van der Waals surface area contributed by atoms with Gasteiger partial charge in [0.05, 0.1) is 17.3 Å². The molecule has 2 aromatic carbocycles. The van der Waals surface area contributed by atoms with Gasteiger partial charge in [0.2, 0.25) is 11.8 Å². The summed E-state index contributed by atoms with van der Waals surface area (Å²) in [4.78, 5) is 22.3. The zero-order valence-electron chi connectivity index (χ0n) is 22.6. The summed E-state index contributed by atoms with van der Waals surface area (Å²) in [7, 11) is 4.25. The number of aromatic nitrogens is 3. The number of phenols is 1. The molecule has 0 saturated carbocycles. The van der Waals surface area contributed by atoms with Crippen LogP contribution in [0.1, 0.15) is 18.9 Å². The number of benzene rings is 2. The Balaban J connectivity index is 1.34. The van der Waals surface area contributed by atoms with Crippen LogP contribution in [0.25, 0.3) is 32.9 Å². The highest BCUT2D eigenvalue weighted by atomic mass is 16.5. The normalized spacial score (nSPS) is 23.8. The Bertz CT molecular complexity index is 1630. The molecule has 39 heavy (non-hydrogen) atoms. The lowest BCUT2D eigenvalue weighted by molar-refractivity contribution is 0.136. The van der Waals surface area contributed by atoms with Gasteiger partial charge in [-0.05, 0) is 61.5 Å². The Morgan fingerprint density at radius 2 is 1.92 bits per heavy atom. The highest BCUT2D eigenvalue weighted by Gasteiger charge is 2.47. The second-order valence-corrected chi connectivity index (χ2v) is 11.7. The molecule has 7 heterocycles. The Morgan fingerprint density at radius 3 is 2.72 bits per heavy atom. The number of piperidine rings is 1. The highest BCUT2D eigenvalue weighted by Crippen LogP contribution is 2.43. The van der Waals surface area contributed by atoms with Gasteiger partial charge in [0.25, 0.3) is 0 Å². The number of hydrogen-bond donors (Lipinski definition) is 2. The van der Waals surface area contributed by atoms with Crippen molar-refractivity contribution >= 4 is 33.4 Å². The topological polar surface area (TPSA) is 89.9 Å². The van der Waals surface area contributed by atoms with Crippen LogP contribution in [0.3, 0.4) is 0 Å². The Kier molecular flexibility index (Phi) is 5.00. The summed E-state index contributed by atoms with van der Waals surface area (Å²) in [6, 6.07) is 13.5. The molecule has 0 aliphatic carbocycles. The number of aryl methyl sites for hydroxylation is 1. The summed E-state index contributed by atoms with van der Waals surface area (Å²) in [5.41, 5.74) is 3.71. The van der Waals surface area contributed by atoms with E-state index in [1.165, 1.54) is 12.0 Å². The van der Waals surface area contributed by atoms with Crippen LogP contribution < -0.4 is 19.9 Å². The fraction of sp³-hybridized carbons (Fsp3) is 0.433. The fourth-order valence-corrected chi connectivity index (χ4v) is 6.80. The maximum absolute atomic E-state index is 10.7. The van der Waals surface area contributed by atoms with Gasteiger partial charge in [-0.3, -0.25) is 0 Å². The minimum Gasteiger partial charge on any atom is -0.508 e. The maximum Gasteiger partial charge on any atom is 0.228 e. The molecule has 0 radical (unpaired) electrons. The number of hydrogen-bond acceptors (Lipinski definition) is 9. The van der Waals surface area contributed by atoms with Crippen LogP contribution in [0.15, 0.2) is 36.4 Å². The molecule has 9 rings (SSSR count). The number of ether oxygens (including phenoxy) is 1. The van der Waals surface area contributed by atoms with Crippen molar-refractivity contribution in [3.63, 3.8) is 0 Å². The summed E-state index contributed by atoms with van der Waals surface area (Å²) in [6.45, 7) is 5.44. The summed E-state index contributed by atoms with van der Waals surface area (Å²) in [5.74, 6) is 2.50. The summed E-state index contributed by atoms with van der Waals surface area (Å²) in [5, 5.41) is 17.4. The van der Waals surface area contributed by atoms with E-state index in [1.54, 1.807) is 0 Å². The number of piperazine rings is 1. The molecule has 0 spiro atoms. The van der Waals surface area contributed by atoms with E-state index in [0.717, 1.165) is 70.8 Å². The SMILES string of the molecule is CCc1cccc2cc(O)cc(-c3cc4nc(N5CC(N(C)C)C5)nc5c4c(n3)OCC3C4C[C@@H](CN53)N4)c12. The molecule has 9 heteroatoms. The molecule has 9 nitrogen and oxygen atoms in total. The molecule has 2 unspecified atom stereocenters. The third-order valence-electron chi connectivity index (χ3n) is 9.13. The number of rotatable bonds is 4. The first-order valence-corrected chi connectivity index (χ1v) is 14.0. The van der Waals surface area contributed by atoms with E-state index >= 15 is 0 Å². The van der Waals surface area contributed by atoms with E-state index in [9.17, 15) is 5.11 Å². The van der Waals surface area contributed by atoms with E-state index in [0.29, 0.717) is 30.6 Å². The van der Waals surface area contributed by atoms with Crippen LogP contribution in [0, 0.1) is 0 Å². The number of pyridine rings is 1. The van der Waals surface area contributed by atoms with Gasteiger partial charge in [0, 0.05) is 43.3 Å². The molecular formula is C30H33N7O2. The van der Waals surface area contributed by atoms with Crippen LogP contribution in [0.2, 0.25) is 0 Å². The van der Waals surface area contributed by atoms with Gasteiger partial charge in [-0.1, -0.05) is 25.1 Å². The fourth-order valence-electron chi connectivity index (χ4n) is 6.80. The Labute approximate surface area is 227 Å². The zero-order chi connectivity index (χ0) is 26.4. The average molecular weight is 524 g/mol. The van der Waals surface area contributed by atoms with Gasteiger partial charge in [0.15, 0.2) is 0 Å². The lowest BCUT2D eigenvalue weighted by atomic mass is 9.85. The summed E-state index contributed by atoms with van der Waals surface area (Å²) >= 11 is 0. The molecule has 2 N–H and O–H groups in total. The number of phenolic OH excluding ortho intramolecular Hbond substituents is 1. The zero-order valence-corrected chi connectivity index (χ0v) is 22.6. The van der Waals surface area contributed by atoms with Crippen molar-refractivity contribution in [3.8, 4) is 22.9 Å². The van der Waals surface area contributed by atoms with Crippen LogP contribution in [0.5, 0.6) is 11.6 Å². The van der Waals surface area contributed by atoms with E-state index in [2.05, 4.69) is 53.2 Å². The van der Waals surface area contributed by atoms with Crippen molar-refractivity contribution < 1.29 is 9.84 Å². The average Bonchev–Trinajstić information content (AvgIpc) is 3.04.